The average Bonchev–Trinajstić information content (AvgIpc) is 3.30. The molecule has 5 fully saturated rings. The van der Waals surface area contributed by atoms with Gasteiger partial charge in [0.2, 0.25) is 5.91 Å². The fraction of sp³-hybridized carbons (Fsp3) is 0.746. The van der Waals surface area contributed by atoms with Crippen LogP contribution in [0.4, 0.5) is 0 Å². The second kappa shape index (κ2) is 18.4. The molecular formula is C59H83NO12. The molecular weight excluding hydrogens is 915 g/mol. The molecule has 3 unspecified atom stereocenters. The first-order valence-corrected chi connectivity index (χ1v) is 27.2. The van der Waals surface area contributed by atoms with Crippen LogP contribution in [-0.4, -0.2) is 92.0 Å². The Morgan fingerprint density at radius 3 is 2.15 bits per heavy atom. The predicted octanol–water partition coefficient (Wildman–Crippen LogP) is 10.4. The number of ether oxygens (including phenoxy) is 6. The highest BCUT2D eigenvalue weighted by Crippen LogP contribution is 2.76. The molecule has 1 aromatic carbocycles. The van der Waals surface area contributed by atoms with E-state index in [1.807, 2.05) is 11.0 Å². The molecule has 1 heterocycles. The summed E-state index contributed by atoms with van der Waals surface area (Å²) in [5.41, 5.74) is 2.53. The smallest absolute Gasteiger partial charge is 0.312 e. The van der Waals surface area contributed by atoms with Crippen molar-refractivity contribution in [2.24, 2.45) is 50.2 Å². The number of benzene rings is 1. The van der Waals surface area contributed by atoms with Crippen molar-refractivity contribution in [3.8, 4) is 11.5 Å². The van der Waals surface area contributed by atoms with Gasteiger partial charge in [0.05, 0.1) is 32.8 Å². The Balaban J connectivity index is 0.866. The van der Waals surface area contributed by atoms with Crippen LogP contribution < -0.4 is 4.74 Å². The molecule has 0 radical (unpaired) electrons. The van der Waals surface area contributed by atoms with Gasteiger partial charge >= 0.3 is 23.9 Å². The van der Waals surface area contributed by atoms with Gasteiger partial charge < -0.3 is 38.4 Å². The van der Waals surface area contributed by atoms with E-state index in [0.29, 0.717) is 61.1 Å². The first kappa shape index (κ1) is 52.3. The van der Waals surface area contributed by atoms with Gasteiger partial charge in [0.25, 0.3) is 0 Å². The highest BCUT2D eigenvalue weighted by atomic mass is 16.6. The van der Waals surface area contributed by atoms with Crippen LogP contribution in [0, 0.1) is 50.2 Å². The van der Waals surface area contributed by atoms with Gasteiger partial charge in [0, 0.05) is 61.6 Å². The van der Waals surface area contributed by atoms with Crippen molar-refractivity contribution in [3.05, 3.63) is 46.2 Å². The molecule has 4 saturated carbocycles. The molecule has 1 saturated heterocycles. The van der Waals surface area contributed by atoms with Crippen molar-refractivity contribution >= 4 is 29.8 Å². The van der Waals surface area contributed by atoms with Crippen molar-refractivity contribution < 1.29 is 57.5 Å². The molecule has 9 rings (SSSR count). The minimum absolute atomic E-state index is 0.00224. The maximum Gasteiger partial charge on any atom is 0.312 e. The maximum absolute atomic E-state index is 14.4. The number of unbranched alkanes of at least 4 members (excludes halogenated alkanes) is 1. The number of amides is 1. The molecule has 8 aliphatic rings. The number of carbonyl (C=O) groups is 5. The van der Waals surface area contributed by atoms with Crippen LogP contribution in [0.25, 0.3) is 0 Å². The standard InChI is InChI=1S/C59H83NO12/c1-34(61)70-41-33-59-29-30-60(39(48(59)51(68-11)50(41)71-35(2)62)31-36-17-19-40(67-10)49(65)47(36)59)45(63)15-13-14-16-46(64)72-44-22-23-55(7)42(54(44,5)6)21-24-57(9)43(55)20-18-37-38-32-53(3,4)25-27-58(38,52(66)69-12)28-26-56(37,57)8/h17-19,38-39,41-44,50,65H,13-16,20-33H2,1-12H3/t38-,39-,41?,42?,43+,44-,50?,55-,56+,57+,58-,59-/m0/s1. The van der Waals surface area contributed by atoms with E-state index in [1.165, 1.54) is 33.6 Å². The number of phenolic OH excluding ortho intramolecular Hbond substituents is 1. The van der Waals surface area contributed by atoms with Gasteiger partial charge in [-0.3, -0.25) is 24.0 Å². The van der Waals surface area contributed by atoms with E-state index in [2.05, 4.69) is 54.5 Å². The maximum atomic E-state index is 14.4. The number of likely N-dealkylation sites (tertiary alicyclic amines) is 1. The number of phenols is 1. The van der Waals surface area contributed by atoms with Crippen LogP contribution in [0.5, 0.6) is 11.5 Å². The Hall–Kier alpha value is -4.55. The lowest BCUT2D eigenvalue weighted by atomic mass is 9.33. The zero-order chi connectivity index (χ0) is 52.1. The summed E-state index contributed by atoms with van der Waals surface area (Å²) in [6, 6.07) is 3.16. The van der Waals surface area contributed by atoms with E-state index in [0.717, 1.165) is 75.3 Å². The molecule has 396 valence electrons. The number of piperidine rings is 1. The summed E-state index contributed by atoms with van der Waals surface area (Å²) in [7, 11) is 4.55. The fourth-order valence-electron chi connectivity index (χ4n) is 17.8. The Kier molecular flexibility index (Phi) is 13.4. The summed E-state index contributed by atoms with van der Waals surface area (Å²) in [4.78, 5) is 68.7. The molecule has 1 aromatic rings. The molecule has 1 N–H and O–H groups in total. The first-order chi connectivity index (χ1) is 33.9. The normalized spacial score (nSPS) is 37.9. The van der Waals surface area contributed by atoms with Crippen molar-refractivity contribution in [2.45, 2.75) is 201 Å². The highest BCUT2D eigenvalue weighted by molar-refractivity contribution is 5.80. The fourth-order valence-corrected chi connectivity index (χ4v) is 17.8. The second-order valence-electron chi connectivity index (χ2n) is 25.6. The first-order valence-electron chi connectivity index (χ1n) is 27.2. The summed E-state index contributed by atoms with van der Waals surface area (Å²) in [6.45, 7) is 20.0. The number of methoxy groups -OCH3 is 3. The number of fused-ring (bicyclic) bond motifs is 8. The topological polar surface area (TPSA) is 164 Å². The van der Waals surface area contributed by atoms with Crippen LogP contribution >= 0.6 is 0 Å². The molecule has 72 heavy (non-hydrogen) atoms. The number of aromatic hydroxyl groups is 1. The van der Waals surface area contributed by atoms with E-state index in [-0.39, 0.29) is 82.0 Å². The lowest BCUT2D eigenvalue weighted by Gasteiger charge is -2.71. The number of rotatable bonds is 11. The quantitative estimate of drug-likeness (QED) is 0.0967. The van der Waals surface area contributed by atoms with Gasteiger partial charge in [-0.1, -0.05) is 66.2 Å². The molecule has 0 spiro atoms. The zero-order valence-corrected chi connectivity index (χ0v) is 45.4. The third-order valence-electron chi connectivity index (χ3n) is 21.4. The van der Waals surface area contributed by atoms with Gasteiger partial charge in [-0.15, -0.1) is 0 Å². The Morgan fingerprint density at radius 1 is 0.764 bits per heavy atom. The third-order valence-corrected chi connectivity index (χ3v) is 21.4. The Labute approximate surface area is 427 Å². The monoisotopic (exact) mass is 998 g/mol. The number of carbonyl (C=O) groups excluding carboxylic acids is 5. The van der Waals surface area contributed by atoms with Gasteiger partial charge in [-0.25, -0.2) is 0 Å². The van der Waals surface area contributed by atoms with E-state index < -0.39 is 41.0 Å². The molecule has 0 aromatic heterocycles. The summed E-state index contributed by atoms with van der Waals surface area (Å²) in [5, 5.41) is 11.7. The molecule has 7 aliphatic carbocycles. The number of esters is 4. The molecule has 1 amide bonds. The van der Waals surface area contributed by atoms with Crippen molar-refractivity contribution in [1.29, 1.82) is 0 Å². The van der Waals surface area contributed by atoms with Gasteiger partial charge in [-0.05, 0) is 141 Å². The minimum Gasteiger partial charge on any atom is -0.504 e. The van der Waals surface area contributed by atoms with Crippen LogP contribution in [0.2, 0.25) is 0 Å². The number of hydrogen-bond acceptors (Lipinski definition) is 12. The summed E-state index contributed by atoms with van der Waals surface area (Å²) >= 11 is 0. The van der Waals surface area contributed by atoms with E-state index in [4.69, 9.17) is 28.4 Å². The predicted molar refractivity (Wildman–Crippen MR) is 269 cm³/mol. The lowest BCUT2D eigenvalue weighted by molar-refractivity contribution is -0.214. The van der Waals surface area contributed by atoms with Crippen LogP contribution in [0.15, 0.2) is 35.1 Å². The van der Waals surface area contributed by atoms with Gasteiger partial charge in [0.1, 0.15) is 18.0 Å². The molecule has 13 heteroatoms. The summed E-state index contributed by atoms with van der Waals surface area (Å²) < 4.78 is 35.3. The average molecular weight is 998 g/mol. The summed E-state index contributed by atoms with van der Waals surface area (Å²) in [5.74, 6) is 0.268. The Morgan fingerprint density at radius 2 is 1.47 bits per heavy atom. The van der Waals surface area contributed by atoms with E-state index in [1.54, 1.807) is 13.2 Å². The van der Waals surface area contributed by atoms with Crippen LogP contribution in [-0.2, 0) is 59.5 Å². The van der Waals surface area contributed by atoms with E-state index >= 15 is 0 Å². The minimum atomic E-state index is -1.04. The number of allylic oxidation sites excluding steroid dienone is 2. The molecule has 13 nitrogen and oxygen atoms in total. The highest BCUT2D eigenvalue weighted by Gasteiger charge is 2.70. The van der Waals surface area contributed by atoms with Crippen LogP contribution in [0.3, 0.4) is 0 Å². The lowest BCUT2D eigenvalue weighted by Crippen LogP contribution is -2.65. The largest absolute Gasteiger partial charge is 0.504 e. The van der Waals surface area contributed by atoms with Gasteiger partial charge in [-0.2, -0.15) is 0 Å². The number of hydrogen-bond donors (Lipinski definition) is 1. The molecule has 1 aliphatic heterocycles. The second-order valence-corrected chi connectivity index (χ2v) is 25.6. The van der Waals surface area contributed by atoms with E-state index in [9.17, 15) is 29.1 Å². The number of nitrogens with zero attached hydrogens (tertiary/aromatic N) is 1. The third kappa shape index (κ3) is 7.90. The van der Waals surface area contributed by atoms with Gasteiger partial charge in [0.15, 0.2) is 17.6 Å². The SMILES string of the molecule is COC(=O)[C@]12CCC(C)(C)C[C@H]1C1=CC[C@@H]3[C@@]4(C)CC[C@H](OC(=O)CCCCC(=O)N5CC[C@@]67CC(OC(C)=O)C(OC(C)=O)C(OC)=C6[C@@H]5Cc5ccc(OC)c(O)c57)C(C)(C)C4CC[C@@]3(C)[C@]1(C)CC2. The Bertz CT molecular complexity index is 2450. The van der Waals surface area contributed by atoms with Crippen molar-refractivity contribution in [2.75, 3.05) is 27.9 Å². The van der Waals surface area contributed by atoms with Crippen LogP contribution in [0.1, 0.15) is 176 Å². The molecule has 2 bridgehead atoms. The summed E-state index contributed by atoms with van der Waals surface area (Å²) in [6.07, 6.45) is 12.8. The molecule has 12 atom stereocenters. The van der Waals surface area contributed by atoms with Crippen molar-refractivity contribution in [1.82, 2.24) is 4.90 Å². The van der Waals surface area contributed by atoms with Crippen molar-refractivity contribution in [3.63, 3.8) is 0 Å². The zero-order valence-electron chi connectivity index (χ0n) is 45.4.